The van der Waals surface area contributed by atoms with Gasteiger partial charge in [0.25, 0.3) is 0 Å². The zero-order chi connectivity index (χ0) is 41.4. The molecule has 1 unspecified atom stereocenters. The molecule has 0 aliphatic rings. The van der Waals surface area contributed by atoms with Gasteiger partial charge in [-0.1, -0.05) is 172 Å². The summed E-state index contributed by atoms with van der Waals surface area (Å²) in [5, 5.41) is 8.88. The Labute approximate surface area is 340 Å². The van der Waals surface area contributed by atoms with E-state index in [1.54, 1.807) is 0 Å². The Kier molecular flexibility index (Phi) is 37.9. The van der Waals surface area contributed by atoms with Crippen LogP contribution in [0.25, 0.3) is 0 Å². The predicted octanol–water partition coefficient (Wildman–Crippen LogP) is 11.6. The number of carboxylic acids is 1. The number of allylic oxidation sites excluding steroid dienone is 6. The SMILES string of the molecule is CCCCCCCC/C=C/C/C=C/C/C=C/CCCC(=O)OC[C@H](COP(=O)(O)OC[C@H](N)C(=O)O)OC(=O)CCCCCCCCCCCCCCCCC. The maximum absolute atomic E-state index is 12.6. The molecule has 0 saturated carbocycles. The second-order valence-electron chi connectivity index (χ2n) is 14.8. The van der Waals surface area contributed by atoms with E-state index in [0.717, 1.165) is 38.5 Å². The Morgan fingerprint density at radius 1 is 0.554 bits per heavy atom. The van der Waals surface area contributed by atoms with Gasteiger partial charge >= 0.3 is 25.7 Å². The maximum atomic E-state index is 12.6. The number of ether oxygens (including phenoxy) is 2. The number of rotatable bonds is 41. The molecule has 0 amide bonds. The number of aliphatic carboxylic acids is 1. The van der Waals surface area contributed by atoms with Crippen LogP contribution >= 0.6 is 7.82 Å². The molecule has 12 heteroatoms. The Morgan fingerprint density at radius 3 is 1.46 bits per heavy atom. The lowest BCUT2D eigenvalue weighted by Crippen LogP contribution is -2.34. The number of hydrogen-bond donors (Lipinski definition) is 3. The molecule has 0 fully saturated rings. The summed E-state index contributed by atoms with van der Waals surface area (Å²) in [6.07, 6.45) is 42.1. The second kappa shape index (κ2) is 39.5. The van der Waals surface area contributed by atoms with Crippen LogP contribution in [0.5, 0.6) is 0 Å². The van der Waals surface area contributed by atoms with Crippen molar-refractivity contribution in [2.75, 3.05) is 19.8 Å². The predicted molar refractivity (Wildman–Crippen MR) is 226 cm³/mol. The summed E-state index contributed by atoms with van der Waals surface area (Å²) in [6.45, 7) is 2.75. The highest BCUT2D eigenvalue weighted by molar-refractivity contribution is 7.47. The lowest BCUT2D eigenvalue weighted by molar-refractivity contribution is -0.161. The topological polar surface area (TPSA) is 172 Å². The van der Waals surface area contributed by atoms with E-state index in [9.17, 15) is 23.8 Å². The van der Waals surface area contributed by atoms with E-state index in [4.69, 9.17) is 24.8 Å². The van der Waals surface area contributed by atoms with Gasteiger partial charge in [-0.2, -0.15) is 0 Å². The maximum Gasteiger partial charge on any atom is 0.472 e. The minimum atomic E-state index is -4.72. The molecular weight excluding hydrogens is 733 g/mol. The van der Waals surface area contributed by atoms with E-state index in [1.165, 1.54) is 109 Å². The van der Waals surface area contributed by atoms with Gasteiger partial charge in [0, 0.05) is 12.8 Å². The molecule has 0 radical (unpaired) electrons. The van der Waals surface area contributed by atoms with Gasteiger partial charge in [0.2, 0.25) is 0 Å². The van der Waals surface area contributed by atoms with Gasteiger partial charge in [-0.25, -0.2) is 4.57 Å². The molecule has 0 aliphatic carbocycles. The summed E-state index contributed by atoms with van der Waals surface area (Å²) < 4.78 is 32.6. The van der Waals surface area contributed by atoms with Crippen LogP contribution in [0.4, 0.5) is 0 Å². The van der Waals surface area contributed by atoms with Crippen molar-refractivity contribution >= 4 is 25.7 Å². The molecule has 56 heavy (non-hydrogen) atoms. The molecule has 0 spiro atoms. The highest BCUT2D eigenvalue weighted by atomic mass is 31.2. The van der Waals surface area contributed by atoms with Crippen LogP contribution in [0.1, 0.15) is 194 Å². The number of unbranched alkanes of at least 4 members (excludes halogenated alkanes) is 21. The van der Waals surface area contributed by atoms with Crippen molar-refractivity contribution < 1.29 is 47.5 Å². The highest BCUT2D eigenvalue weighted by Gasteiger charge is 2.28. The summed E-state index contributed by atoms with van der Waals surface area (Å²) >= 11 is 0. The van der Waals surface area contributed by atoms with Crippen LogP contribution in [0.15, 0.2) is 36.5 Å². The van der Waals surface area contributed by atoms with Gasteiger partial charge in [0.1, 0.15) is 12.6 Å². The van der Waals surface area contributed by atoms with Crippen molar-refractivity contribution in [2.45, 2.75) is 206 Å². The second-order valence-corrected chi connectivity index (χ2v) is 16.3. The van der Waals surface area contributed by atoms with Crippen molar-refractivity contribution in [3.05, 3.63) is 36.5 Å². The van der Waals surface area contributed by atoms with Gasteiger partial charge < -0.3 is 25.2 Å². The summed E-state index contributed by atoms with van der Waals surface area (Å²) in [4.78, 5) is 45.9. The first kappa shape index (κ1) is 53.7. The zero-order valence-electron chi connectivity index (χ0n) is 35.2. The minimum absolute atomic E-state index is 0.152. The van der Waals surface area contributed by atoms with Crippen molar-refractivity contribution in [3.8, 4) is 0 Å². The Bertz CT molecular complexity index is 1100. The molecule has 0 heterocycles. The number of carbonyl (C=O) groups is 3. The van der Waals surface area contributed by atoms with Crippen LogP contribution in [0.2, 0.25) is 0 Å². The van der Waals surface area contributed by atoms with Crippen LogP contribution in [-0.2, 0) is 37.5 Å². The molecule has 0 bridgehead atoms. The number of phosphoric acid groups is 1. The van der Waals surface area contributed by atoms with Crippen LogP contribution in [0, 0.1) is 0 Å². The fraction of sp³-hybridized carbons (Fsp3) is 0.795. The fourth-order valence-corrected chi connectivity index (χ4v) is 6.68. The molecule has 0 rings (SSSR count). The number of carboxylic acid groups (broad SMARTS) is 1. The number of nitrogens with two attached hydrogens (primary N) is 1. The smallest absolute Gasteiger partial charge is 0.472 e. The van der Waals surface area contributed by atoms with Gasteiger partial charge in [0.05, 0.1) is 13.2 Å². The summed E-state index contributed by atoms with van der Waals surface area (Å²) in [7, 11) is -4.72. The first-order valence-electron chi connectivity index (χ1n) is 22.0. The average Bonchev–Trinajstić information content (AvgIpc) is 3.17. The average molecular weight is 814 g/mol. The highest BCUT2D eigenvalue weighted by Crippen LogP contribution is 2.43. The van der Waals surface area contributed by atoms with Gasteiger partial charge in [-0.3, -0.25) is 23.4 Å². The molecule has 0 aliphatic heterocycles. The first-order chi connectivity index (χ1) is 27.1. The Balaban J connectivity index is 4.43. The normalized spacial score (nSPS) is 14.1. The molecular formula is C44H80NO10P. The van der Waals surface area contributed by atoms with Crippen molar-refractivity contribution in [3.63, 3.8) is 0 Å². The molecule has 0 aromatic rings. The molecule has 326 valence electrons. The number of hydrogen-bond acceptors (Lipinski definition) is 9. The number of phosphoric ester groups is 1. The first-order valence-corrected chi connectivity index (χ1v) is 23.5. The van der Waals surface area contributed by atoms with E-state index in [0.29, 0.717) is 19.3 Å². The molecule has 0 saturated heterocycles. The van der Waals surface area contributed by atoms with Gasteiger partial charge in [0.15, 0.2) is 6.10 Å². The lowest BCUT2D eigenvalue weighted by Gasteiger charge is -2.20. The summed E-state index contributed by atoms with van der Waals surface area (Å²) in [6, 6.07) is -1.53. The molecule has 4 N–H and O–H groups in total. The summed E-state index contributed by atoms with van der Waals surface area (Å²) in [5.41, 5.74) is 5.33. The third kappa shape index (κ3) is 38.6. The Hall–Kier alpha value is -2.30. The van der Waals surface area contributed by atoms with Gasteiger partial charge in [-0.15, -0.1) is 0 Å². The number of carbonyl (C=O) groups excluding carboxylic acids is 2. The van der Waals surface area contributed by atoms with Gasteiger partial charge in [-0.05, 0) is 44.9 Å². The van der Waals surface area contributed by atoms with E-state index in [2.05, 4.69) is 48.8 Å². The standard InChI is InChI=1S/C44H80NO10P/c1-3-5-7-9-11-13-15-17-19-20-22-23-25-27-29-31-33-35-42(46)52-37-40(38-53-56(50,51)54-39-41(45)44(48)49)55-43(47)36-34-32-30-28-26-24-21-18-16-14-12-10-8-6-4-2/h17,19,22-23,27,29,40-41H,3-16,18,20-21,24-26,28,30-39,45H2,1-2H3,(H,48,49)(H,50,51)/b19-17+,23-22+,29-27+/t40-,41+/m1/s1. The van der Waals surface area contributed by atoms with Crippen LogP contribution in [0.3, 0.4) is 0 Å². The third-order valence-electron chi connectivity index (χ3n) is 9.39. The molecule has 11 nitrogen and oxygen atoms in total. The van der Waals surface area contributed by atoms with Crippen LogP contribution < -0.4 is 5.73 Å². The van der Waals surface area contributed by atoms with Crippen LogP contribution in [-0.4, -0.2) is 59.9 Å². The lowest BCUT2D eigenvalue weighted by atomic mass is 10.0. The Morgan fingerprint density at radius 2 is 0.964 bits per heavy atom. The molecule has 0 aromatic heterocycles. The largest absolute Gasteiger partial charge is 0.480 e. The molecule has 3 atom stereocenters. The van der Waals surface area contributed by atoms with E-state index in [-0.39, 0.29) is 19.4 Å². The zero-order valence-corrected chi connectivity index (χ0v) is 36.1. The number of esters is 2. The quantitative estimate of drug-likeness (QED) is 0.0232. The van der Waals surface area contributed by atoms with Crippen molar-refractivity contribution in [2.24, 2.45) is 5.73 Å². The van der Waals surface area contributed by atoms with E-state index in [1.807, 2.05) is 6.08 Å². The fourth-order valence-electron chi connectivity index (χ4n) is 5.90. The third-order valence-corrected chi connectivity index (χ3v) is 10.3. The van der Waals surface area contributed by atoms with Crippen molar-refractivity contribution in [1.29, 1.82) is 0 Å². The minimum Gasteiger partial charge on any atom is -0.480 e. The monoisotopic (exact) mass is 814 g/mol. The van der Waals surface area contributed by atoms with E-state index < -0.39 is 51.1 Å². The molecule has 0 aromatic carbocycles. The van der Waals surface area contributed by atoms with E-state index >= 15 is 0 Å². The summed E-state index contributed by atoms with van der Waals surface area (Å²) in [5.74, 6) is -2.44. The van der Waals surface area contributed by atoms with Crippen molar-refractivity contribution in [1.82, 2.24) is 0 Å².